The van der Waals surface area contributed by atoms with E-state index in [0.717, 1.165) is 18.8 Å². The average molecular weight is 282 g/mol. The summed E-state index contributed by atoms with van der Waals surface area (Å²) in [6, 6.07) is 0. The Labute approximate surface area is 125 Å². The van der Waals surface area contributed by atoms with E-state index in [1.807, 2.05) is 0 Å². The third-order valence-electron chi connectivity index (χ3n) is 4.97. The van der Waals surface area contributed by atoms with E-state index >= 15 is 0 Å². The van der Waals surface area contributed by atoms with Crippen molar-refractivity contribution in [3.8, 4) is 0 Å². The quantitative estimate of drug-likeness (QED) is 0.647. The molecule has 1 aliphatic carbocycles. The zero-order chi connectivity index (χ0) is 15.6. The fourth-order valence-electron chi connectivity index (χ4n) is 2.96. The van der Waals surface area contributed by atoms with Gasteiger partial charge in [-0.25, -0.2) is 0 Å². The van der Waals surface area contributed by atoms with Gasteiger partial charge in [-0.05, 0) is 36.5 Å². The Balaban J connectivity index is 2.64. The van der Waals surface area contributed by atoms with Crippen LogP contribution in [0.25, 0.3) is 0 Å². The van der Waals surface area contributed by atoms with Crippen LogP contribution in [0.3, 0.4) is 0 Å². The zero-order valence-electron chi connectivity index (χ0n) is 14.6. The Bertz CT molecular complexity index is 328. The molecule has 0 aromatic heterocycles. The highest BCUT2D eigenvalue weighted by atomic mass is 16.5. The smallest absolute Gasteiger partial charge is 0.312 e. The first-order chi connectivity index (χ1) is 8.96. The Hall–Kier alpha value is -0.530. The van der Waals surface area contributed by atoms with Crippen molar-refractivity contribution in [2.24, 2.45) is 22.2 Å². The van der Waals surface area contributed by atoms with Gasteiger partial charge in [-0.2, -0.15) is 0 Å². The Morgan fingerprint density at radius 1 is 1.05 bits per heavy atom. The number of rotatable bonds is 5. The molecule has 0 amide bonds. The lowest BCUT2D eigenvalue weighted by Crippen LogP contribution is -2.44. The molecule has 1 unspecified atom stereocenters. The van der Waals surface area contributed by atoms with Crippen molar-refractivity contribution in [1.82, 2.24) is 0 Å². The molecule has 0 aliphatic heterocycles. The van der Waals surface area contributed by atoms with E-state index in [9.17, 15) is 4.79 Å². The Kier molecular flexibility index (Phi) is 5.32. The number of hydrogen-bond donors (Lipinski definition) is 0. The number of ether oxygens (including phenoxy) is 1. The molecule has 2 heteroatoms. The molecule has 0 N–H and O–H groups in total. The standard InChI is InChI=1S/C18H34O2/c1-16(2,3)13-18(7,17(4,5)6)15(19)20-12-11-14-9-8-10-14/h14H,8-13H2,1-7H3. The summed E-state index contributed by atoms with van der Waals surface area (Å²) in [6.45, 7) is 15.7. The molecule has 20 heavy (non-hydrogen) atoms. The van der Waals surface area contributed by atoms with Gasteiger partial charge in [0.2, 0.25) is 0 Å². The first-order valence-electron chi connectivity index (χ1n) is 8.13. The lowest BCUT2D eigenvalue weighted by molar-refractivity contribution is -0.165. The fraction of sp³-hybridized carbons (Fsp3) is 0.944. The second-order valence-electron chi connectivity index (χ2n) is 9.04. The predicted molar refractivity (Wildman–Crippen MR) is 84.6 cm³/mol. The number of carbonyl (C=O) groups excluding carboxylic acids is 1. The summed E-state index contributed by atoms with van der Waals surface area (Å²) in [5, 5.41) is 0. The van der Waals surface area contributed by atoms with Crippen LogP contribution in [0, 0.1) is 22.2 Å². The third-order valence-corrected chi connectivity index (χ3v) is 4.97. The summed E-state index contributed by atoms with van der Waals surface area (Å²) in [5.41, 5.74) is -0.395. The molecule has 1 atom stereocenters. The summed E-state index contributed by atoms with van der Waals surface area (Å²) in [5.74, 6) is 0.783. The molecule has 0 aromatic carbocycles. The highest BCUT2D eigenvalue weighted by Crippen LogP contribution is 2.47. The van der Waals surface area contributed by atoms with Crippen LogP contribution >= 0.6 is 0 Å². The molecule has 0 heterocycles. The SMILES string of the molecule is CC(C)(C)CC(C)(C(=O)OCCC1CCC1)C(C)(C)C. The average Bonchev–Trinajstić information content (AvgIpc) is 2.17. The molecule has 2 nitrogen and oxygen atoms in total. The molecule has 1 aliphatic rings. The van der Waals surface area contributed by atoms with E-state index < -0.39 is 5.41 Å². The molecule has 1 rings (SSSR count). The number of hydrogen-bond acceptors (Lipinski definition) is 2. The van der Waals surface area contributed by atoms with Crippen LogP contribution in [0.4, 0.5) is 0 Å². The summed E-state index contributed by atoms with van der Waals surface area (Å²) in [7, 11) is 0. The summed E-state index contributed by atoms with van der Waals surface area (Å²) < 4.78 is 5.65. The van der Waals surface area contributed by atoms with Gasteiger partial charge in [0.25, 0.3) is 0 Å². The van der Waals surface area contributed by atoms with E-state index in [0.29, 0.717) is 6.61 Å². The molecule has 0 saturated heterocycles. The van der Waals surface area contributed by atoms with Crippen LogP contribution in [0.15, 0.2) is 0 Å². The number of esters is 1. The maximum Gasteiger partial charge on any atom is 0.312 e. The maximum atomic E-state index is 12.7. The van der Waals surface area contributed by atoms with E-state index in [2.05, 4.69) is 48.5 Å². The minimum atomic E-state index is -0.426. The van der Waals surface area contributed by atoms with Crippen molar-refractivity contribution in [3.05, 3.63) is 0 Å². The molecular formula is C18H34O2. The van der Waals surface area contributed by atoms with E-state index in [1.54, 1.807) is 0 Å². The van der Waals surface area contributed by atoms with Crippen molar-refractivity contribution in [2.75, 3.05) is 6.61 Å². The van der Waals surface area contributed by atoms with E-state index in [1.165, 1.54) is 19.3 Å². The van der Waals surface area contributed by atoms with Crippen LogP contribution in [0.5, 0.6) is 0 Å². The minimum Gasteiger partial charge on any atom is -0.465 e. The largest absolute Gasteiger partial charge is 0.465 e. The van der Waals surface area contributed by atoms with Crippen molar-refractivity contribution in [2.45, 2.75) is 80.6 Å². The van der Waals surface area contributed by atoms with Crippen molar-refractivity contribution in [3.63, 3.8) is 0 Å². The molecule has 0 spiro atoms. The lowest BCUT2D eigenvalue weighted by Gasteiger charge is -2.43. The normalized spacial score (nSPS) is 20.1. The van der Waals surface area contributed by atoms with Crippen molar-refractivity contribution in [1.29, 1.82) is 0 Å². The van der Waals surface area contributed by atoms with Crippen LogP contribution < -0.4 is 0 Å². The van der Waals surface area contributed by atoms with Gasteiger partial charge in [-0.3, -0.25) is 4.79 Å². The summed E-state index contributed by atoms with van der Waals surface area (Å²) in [6.07, 6.45) is 5.88. The Morgan fingerprint density at radius 2 is 1.60 bits per heavy atom. The van der Waals surface area contributed by atoms with Crippen molar-refractivity contribution >= 4 is 5.97 Å². The second kappa shape index (κ2) is 6.07. The number of carbonyl (C=O) groups is 1. The van der Waals surface area contributed by atoms with Crippen LogP contribution in [0.2, 0.25) is 0 Å². The molecule has 0 aromatic rings. The maximum absolute atomic E-state index is 12.7. The van der Waals surface area contributed by atoms with Crippen LogP contribution in [-0.2, 0) is 9.53 Å². The van der Waals surface area contributed by atoms with Crippen molar-refractivity contribution < 1.29 is 9.53 Å². The van der Waals surface area contributed by atoms with Gasteiger partial charge in [-0.15, -0.1) is 0 Å². The van der Waals surface area contributed by atoms with Gasteiger partial charge in [0.05, 0.1) is 12.0 Å². The highest BCUT2D eigenvalue weighted by Gasteiger charge is 2.47. The van der Waals surface area contributed by atoms with Gasteiger partial charge in [0.1, 0.15) is 0 Å². The van der Waals surface area contributed by atoms with Gasteiger partial charge in [0.15, 0.2) is 0 Å². The zero-order valence-corrected chi connectivity index (χ0v) is 14.6. The molecule has 0 bridgehead atoms. The van der Waals surface area contributed by atoms with Gasteiger partial charge < -0.3 is 4.74 Å². The summed E-state index contributed by atoms with van der Waals surface area (Å²) in [4.78, 5) is 12.7. The summed E-state index contributed by atoms with van der Waals surface area (Å²) >= 11 is 0. The van der Waals surface area contributed by atoms with E-state index in [4.69, 9.17) is 4.74 Å². The molecular weight excluding hydrogens is 248 g/mol. The van der Waals surface area contributed by atoms with Crippen LogP contribution in [-0.4, -0.2) is 12.6 Å². The molecule has 118 valence electrons. The van der Waals surface area contributed by atoms with Gasteiger partial charge in [-0.1, -0.05) is 60.8 Å². The second-order valence-corrected chi connectivity index (χ2v) is 9.04. The highest BCUT2D eigenvalue weighted by molar-refractivity contribution is 5.77. The Morgan fingerprint density at radius 3 is 1.95 bits per heavy atom. The molecule has 0 radical (unpaired) electrons. The molecule has 1 fully saturated rings. The first-order valence-corrected chi connectivity index (χ1v) is 8.13. The lowest BCUT2D eigenvalue weighted by atomic mass is 9.61. The monoisotopic (exact) mass is 282 g/mol. The fourth-order valence-corrected chi connectivity index (χ4v) is 2.96. The first kappa shape index (κ1) is 17.5. The molecule has 1 saturated carbocycles. The van der Waals surface area contributed by atoms with Crippen LogP contribution in [0.1, 0.15) is 80.6 Å². The van der Waals surface area contributed by atoms with Gasteiger partial charge in [0, 0.05) is 0 Å². The predicted octanol–water partition coefficient (Wildman–Crippen LogP) is 5.21. The van der Waals surface area contributed by atoms with E-state index in [-0.39, 0.29) is 16.8 Å². The topological polar surface area (TPSA) is 26.3 Å². The minimum absolute atomic E-state index is 0.0146. The third kappa shape index (κ3) is 4.49. The van der Waals surface area contributed by atoms with Gasteiger partial charge >= 0.3 is 5.97 Å².